The minimum Gasteiger partial charge on any atom is -0.504 e. The number of nitrogens with zero attached hydrogens (tertiary/aromatic N) is 1. The average Bonchev–Trinajstić information content (AvgIpc) is 2.70. The van der Waals surface area contributed by atoms with E-state index in [1.54, 1.807) is 36.1 Å². The Labute approximate surface area is 177 Å². The topological polar surface area (TPSA) is 88.5 Å². The van der Waals surface area contributed by atoms with Crippen molar-refractivity contribution in [2.75, 3.05) is 27.4 Å². The van der Waals surface area contributed by atoms with Gasteiger partial charge in [-0.2, -0.15) is 0 Å². The molecular weight excluding hydrogens is 442 g/mol. The van der Waals surface area contributed by atoms with Gasteiger partial charge in [-0.3, -0.25) is 0 Å². The molecular formula is C21H24BrNO6. The van der Waals surface area contributed by atoms with Crippen LogP contribution in [0.25, 0.3) is 0 Å². The largest absolute Gasteiger partial charge is 0.504 e. The van der Waals surface area contributed by atoms with Crippen LogP contribution in [0.2, 0.25) is 0 Å². The van der Waals surface area contributed by atoms with Gasteiger partial charge in [-0.05, 0) is 60.7 Å². The van der Waals surface area contributed by atoms with Crippen molar-refractivity contribution in [3.63, 3.8) is 0 Å². The fraction of sp³-hybridized carbons (Fsp3) is 0.381. The Morgan fingerprint density at radius 3 is 2.45 bits per heavy atom. The summed E-state index contributed by atoms with van der Waals surface area (Å²) in [6, 6.07) is 6.37. The SMILES string of the molecule is CCOC(=O)N1CCc2cc(OC)c(O)cc2C1Cc1cc(O)c(OC)cc1Br. The highest BCUT2D eigenvalue weighted by Gasteiger charge is 2.33. The number of methoxy groups -OCH3 is 2. The van der Waals surface area contributed by atoms with E-state index in [0.717, 1.165) is 21.2 Å². The second-order valence-electron chi connectivity index (χ2n) is 6.70. The number of carbonyl (C=O) groups is 1. The van der Waals surface area contributed by atoms with Crippen LogP contribution in [0.4, 0.5) is 4.79 Å². The second kappa shape index (κ2) is 8.82. The molecule has 156 valence electrons. The van der Waals surface area contributed by atoms with E-state index < -0.39 is 6.09 Å². The summed E-state index contributed by atoms with van der Waals surface area (Å²) >= 11 is 3.52. The Bertz CT molecular complexity index is 917. The molecule has 0 bridgehead atoms. The first-order valence-electron chi connectivity index (χ1n) is 9.28. The van der Waals surface area contributed by atoms with E-state index in [9.17, 15) is 15.0 Å². The van der Waals surface area contributed by atoms with Gasteiger partial charge >= 0.3 is 6.09 Å². The summed E-state index contributed by atoms with van der Waals surface area (Å²) in [5, 5.41) is 20.5. The molecule has 1 aliphatic rings. The lowest BCUT2D eigenvalue weighted by molar-refractivity contribution is 0.0863. The Balaban J connectivity index is 2.05. The molecule has 2 N–H and O–H groups in total. The molecule has 1 heterocycles. The molecule has 0 saturated carbocycles. The molecule has 8 heteroatoms. The van der Waals surface area contributed by atoms with Crippen molar-refractivity contribution in [3.8, 4) is 23.0 Å². The van der Waals surface area contributed by atoms with Crippen molar-refractivity contribution < 1.29 is 29.2 Å². The van der Waals surface area contributed by atoms with Gasteiger partial charge in [-0.25, -0.2) is 4.79 Å². The van der Waals surface area contributed by atoms with E-state index >= 15 is 0 Å². The molecule has 2 aromatic carbocycles. The minimum absolute atomic E-state index is 0.0126. The molecule has 29 heavy (non-hydrogen) atoms. The van der Waals surface area contributed by atoms with Gasteiger partial charge in [0.05, 0.1) is 26.9 Å². The molecule has 7 nitrogen and oxygen atoms in total. The van der Waals surface area contributed by atoms with Crippen LogP contribution in [0, 0.1) is 0 Å². The summed E-state index contributed by atoms with van der Waals surface area (Å²) in [5.74, 6) is 0.783. The molecule has 0 fully saturated rings. The zero-order chi connectivity index (χ0) is 21.1. The van der Waals surface area contributed by atoms with Crippen molar-refractivity contribution >= 4 is 22.0 Å². The molecule has 3 rings (SSSR count). The maximum atomic E-state index is 12.6. The molecule has 0 aromatic heterocycles. The van der Waals surface area contributed by atoms with Gasteiger partial charge in [0, 0.05) is 11.0 Å². The zero-order valence-corrected chi connectivity index (χ0v) is 18.2. The average molecular weight is 466 g/mol. The Morgan fingerprint density at radius 1 is 1.14 bits per heavy atom. The fourth-order valence-corrected chi connectivity index (χ4v) is 4.13. The van der Waals surface area contributed by atoms with Gasteiger partial charge in [0.15, 0.2) is 23.0 Å². The van der Waals surface area contributed by atoms with Crippen LogP contribution in [0.3, 0.4) is 0 Å². The maximum Gasteiger partial charge on any atom is 0.410 e. The number of rotatable bonds is 5. The summed E-state index contributed by atoms with van der Waals surface area (Å²) in [6.45, 7) is 2.51. The van der Waals surface area contributed by atoms with Gasteiger partial charge in [0.1, 0.15) is 0 Å². The minimum atomic E-state index is -0.410. The van der Waals surface area contributed by atoms with E-state index in [-0.39, 0.29) is 24.1 Å². The van der Waals surface area contributed by atoms with Crippen molar-refractivity contribution in [3.05, 3.63) is 45.4 Å². The number of aromatic hydroxyl groups is 2. The molecule has 0 aliphatic carbocycles. The first-order valence-corrected chi connectivity index (χ1v) is 10.1. The number of carbonyl (C=O) groups excluding carboxylic acids is 1. The van der Waals surface area contributed by atoms with Gasteiger partial charge < -0.3 is 29.3 Å². The van der Waals surface area contributed by atoms with Crippen molar-refractivity contribution in [1.29, 1.82) is 0 Å². The van der Waals surface area contributed by atoms with Gasteiger partial charge in [0.2, 0.25) is 0 Å². The fourth-order valence-electron chi connectivity index (χ4n) is 3.64. The number of halogens is 1. The summed E-state index contributed by atoms with van der Waals surface area (Å²) in [4.78, 5) is 14.3. The van der Waals surface area contributed by atoms with Crippen LogP contribution in [-0.2, 0) is 17.6 Å². The third-order valence-electron chi connectivity index (χ3n) is 5.06. The highest BCUT2D eigenvalue weighted by Crippen LogP contribution is 2.41. The lowest BCUT2D eigenvalue weighted by Crippen LogP contribution is -2.41. The first-order chi connectivity index (χ1) is 13.9. The number of fused-ring (bicyclic) bond motifs is 1. The van der Waals surface area contributed by atoms with Crippen LogP contribution in [0.15, 0.2) is 28.7 Å². The number of hydrogen-bond donors (Lipinski definition) is 2. The number of amides is 1. The molecule has 1 atom stereocenters. The quantitative estimate of drug-likeness (QED) is 0.688. The second-order valence-corrected chi connectivity index (χ2v) is 7.55. The summed E-state index contributed by atoms with van der Waals surface area (Å²) in [7, 11) is 2.99. The predicted molar refractivity (Wildman–Crippen MR) is 111 cm³/mol. The van der Waals surface area contributed by atoms with Gasteiger partial charge in [-0.1, -0.05) is 15.9 Å². The van der Waals surface area contributed by atoms with Crippen LogP contribution in [-0.4, -0.2) is 48.6 Å². The van der Waals surface area contributed by atoms with Crippen molar-refractivity contribution in [2.45, 2.75) is 25.8 Å². The third kappa shape index (κ3) is 4.22. The molecule has 0 radical (unpaired) electrons. The molecule has 1 unspecified atom stereocenters. The summed E-state index contributed by atoms with van der Waals surface area (Å²) in [5.41, 5.74) is 2.62. The normalized spacial score (nSPS) is 15.6. The summed E-state index contributed by atoms with van der Waals surface area (Å²) < 4.78 is 16.4. The van der Waals surface area contributed by atoms with Crippen LogP contribution in [0.5, 0.6) is 23.0 Å². The van der Waals surface area contributed by atoms with Gasteiger partial charge in [-0.15, -0.1) is 0 Å². The molecule has 2 aromatic rings. The lowest BCUT2D eigenvalue weighted by atomic mass is 9.88. The van der Waals surface area contributed by atoms with E-state index in [1.807, 2.05) is 0 Å². The number of hydrogen-bond acceptors (Lipinski definition) is 6. The first kappa shape index (κ1) is 21.1. The monoisotopic (exact) mass is 465 g/mol. The van der Waals surface area contributed by atoms with E-state index in [4.69, 9.17) is 14.2 Å². The Kier molecular flexibility index (Phi) is 6.42. The van der Waals surface area contributed by atoms with Crippen LogP contribution < -0.4 is 9.47 Å². The smallest absolute Gasteiger partial charge is 0.410 e. The summed E-state index contributed by atoms with van der Waals surface area (Å²) in [6.07, 6.45) is 0.624. The van der Waals surface area contributed by atoms with Crippen molar-refractivity contribution in [2.24, 2.45) is 0 Å². The predicted octanol–water partition coefficient (Wildman–Crippen LogP) is 4.18. The third-order valence-corrected chi connectivity index (χ3v) is 5.80. The number of benzene rings is 2. The van der Waals surface area contributed by atoms with E-state index in [1.165, 1.54) is 14.2 Å². The van der Waals surface area contributed by atoms with E-state index in [0.29, 0.717) is 30.9 Å². The van der Waals surface area contributed by atoms with Crippen molar-refractivity contribution in [1.82, 2.24) is 4.90 Å². The highest BCUT2D eigenvalue weighted by atomic mass is 79.9. The molecule has 1 amide bonds. The zero-order valence-electron chi connectivity index (χ0n) is 16.6. The molecule has 0 saturated heterocycles. The number of ether oxygens (including phenoxy) is 3. The number of phenolic OH excluding ortho intramolecular Hbond substituents is 2. The highest BCUT2D eigenvalue weighted by molar-refractivity contribution is 9.10. The van der Waals surface area contributed by atoms with Gasteiger partial charge in [0.25, 0.3) is 0 Å². The Hall–Kier alpha value is -2.61. The molecule has 1 aliphatic heterocycles. The van der Waals surface area contributed by atoms with Crippen LogP contribution in [0.1, 0.15) is 29.7 Å². The number of phenols is 2. The Morgan fingerprint density at radius 2 is 1.79 bits per heavy atom. The van der Waals surface area contributed by atoms with Crippen LogP contribution >= 0.6 is 15.9 Å². The standard InChI is InChI=1S/C21H24BrNO6/c1-4-29-21(26)23-6-5-12-9-19(27-2)18(25)10-14(12)16(23)7-13-8-17(24)20(28-3)11-15(13)22/h8-11,16,24-25H,4-7H2,1-3H3. The van der Waals surface area contributed by atoms with E-state index in [2.05, 4.69) is 15.9 Å². The molecule has 0 spiro atoms. The lowest BCUT2D eigenvalue weighted by Gasteiger charge is -2.37. The maximum absolute atomic E-state index is 12.6.